The third-order valence-corrected chi connectivity index (χ3v) is 9.18. The van der Waals surface area contributed by atoms with E-state index in [9.17, 15) is 33.9 Å². The molecule has 0 fully saturated rings. The highest BCUT2D eigenvalue weighted by molar-refractivity contribution is 5.96. The second kappa shape index (κ2) is 29.1. The Kier molecular flexibility index (Phi) is 25.2. The number of benzene rings is 1. The molecule has 23 nitrogen and oxygen atoms in total. The fourth-order valence-corrected chi connectivity index (χ4v) is 5.88. The van der Waals surface area contributed by atoms with Gasteiger partial charge < -0.3 is 77.6 Å². The van der Waals surface area contributed by atoms with Gasteiger partial charge in [-0.05, 0) is 75.8 Å². The number of hydrogen-bond donors (Lipinski definition) is 14. The number of amides is 5. The highest BCUT2D eigenvalue weighted by atomic mass is 16.4. The Hall–Kier alpha value is -6.23. The Morgan fingerprint density at radius 2 is 0.984 bits per heavy atom. The summed E-state index contributed by atoms with van der Waals surface area (Å²) in [6, 6.07) is 1.60. The van der Waals surface area contributed by atoms with Gasteiger partial charge in [-0.2, -0.15) is 0 Å². The van der Waals surface area contributed by atoms with Crippen molar-refractivity contribution in [1.82, 2.24) is 26.6 Å². The average Bonchev–Trinajstić information content (AvgIpc) is 3.19. The van der Waals surface area contributed by atoms with Gasteiger partial charge in [-0.1, -0.05) is 44.2 Å². The average molecular weight is 861 g/mol. The maximum atomic E-state index is 14.1. The van der Waals surface area contributed by atoms with E-state index < -0.39 is 77.7 Å². The summed E-state index contributed by atoms with van der Waals surface area (Å²) in [7, 11) is 0. The van der Waals surface area contributed by atoms with Crippen LogP contribution < -0.4 is 72.5 Å². The van der Waals surface area contributed by atoms with Crippen molar-refractivity contribution >= 4 is 53.4 Å². The van der Waals surface area contributed by atoms with Crippen LogP contribution in [-0.2, 0) is 35.2 Å². The molecule has 1 aromatic carbocycles. The fourth-order valence-electron chi connectivity index (χ4n) is 5.88. The van der Waals surface area contributed by atoms with E-state index in [-0.39, 0.29) is 82.5 Å². The SMILES string of the molecule is CC(C)C(NC(=O)C(Cc1ccccc1)NC(=O)C(CCCN=C(N)N)NC(=O)C(CCCCN)NC(=O)C(N)CCCN=C(N)N)C(=O)NC(CCCN=C(N)N)C(=O)O. The predicted octanol–water partition coefficient (Wildman–Crippen LogP) is -3.99. The van der Waals surface area contributed by atoms with Crippen molar-refractivity contribution in [3.8, 4) is 0 Å². The molecule has 6 atom stereocenters. The summed E-state index contributed by atoms with van der Waals surface area (Å²) in [6.45, 7) is 4.17. The molecule has 0 radical (unpaired) electrons. The van der Waals surface area contributed by atoms with Crippen LogP contribution in [0.1, 0.15) is 77.2 Å². The van der Waals surface area contributed by atoms with Gasteiger partial charge in [-0.25, -0.2) is 4.79 Å². The van der Waals surface area contributed by atoms with Gasteiger partial charge in [-0.3, -0.25) is 38.9 Å². The number of rotatable bonds is 30. The zero-order valence-corrected chi connectivity index (χ0v) is 35.2. The minimum Gasteiger partial charge on any atom is -0.480 e. The third-order valence-electron chi connectivity index (χ3n) is 9.18. The molecular weight excluding hydrogens is 793 g/mol. The van der Waals surface area contributed by atoms with E-state index in [0.29, 0.717) is 31.4 Å². The minimum absolute atomic E-state index is 0.00462. The molecule has 342 valence electrons. The zero-order chi connectivity index (χ0) is 45.9. The van der Waals surface area contributed by atoms with Crippen molar-refractivity contribution in [2.24, 2.45) is 66.8 Å². The van der Waals surface area contributed by atoms with Gasteiger partial charge in [0, 0.05) is 26.1 Å². The first kappa shape index (κ1) is 52.8. The molecule has 0 bridgehead atoms. The summed E-state index contributed by atoms with van der Waals surface area (Å²) in [5, 5.41) is 23.1. The monoisotopic (exact) mass is 861 g/mol. The van der Waals surface area contributed by atoms with Crippen LogP contribution in [-0.4, -0.2) is 121 Å². The van der Waals surface area contributed by atoms with Crippen LogP contribution in [0.25, 0.3) is 0 Å². The normalized spacial score (nSPS) is 13.8. The lowest BCUT2D eigenvalue weighted by Gasteiger charge is -2.28. The molecule has 5 amide bonds. The number of carbonyl (C=O) groups excluding carboxylic acids is 5. The number of nitrogens with one attached hydrogen (secondary N) is 5. The molecule has 1 rings (SSSR count). The topological polar surface area (TPSA) is 428 Å². The molecule has 23 heteroatoms. The molecular formula is C38H68N16O7. The first-order chi connectivity index (χ1) is 28.9. The molecule has 0 aromatic heterocycles. The number of carboxylic acids is 1. The molecule has 0 saturated carbocycles. The summed E-state index contributed by atoms with van der Waals surface area (Å²) in [5.41, 5.74) is 44.8. The molecule has 0 heterocycles. The second-order valence-corrected chi connectivity index (χ2v) is 14.7. The molecule has 0 aliphatic rings. The van der Waals surface area contributed by atoms with Crippen LogP contribution in [0.2, 0.25) is 0 Å². The highest BCUT2D eigenvalue weighted by Gasteiger charge is 2.34. The van der Waals surface area contributed by atoms with Crippen LogP contribution in [0.3, 0.4) is 0 Å². The highest BCUT2D eigenvalue weighted by Crippen LogP contribution is 2.11. The van der Waals surface area contributed by atoms with Crippen molar-refractivity contribution in [3.63, 3.8) is 0 Å². The molecule has 61 heavy (non-hydrogen) atoms. The number of nitrogens with two attached hydrogens (primary N) is 8. The van der Waals surface area contributed by atoms with Crippen molar-refractivity contribution in [1.29, 1.82) is 0 Å². The predicted molar refractivity (Wildman–Crippen MR) is 233 cm³/mol. The van der Waals surface area contributed by atoms with Crippen LogP contribution in [0.5, 0.6) is 0 Å². The van der Waals surface area contributed by atoms with Gasteiger partial charge in [0.1, 0.15) is 30.2 Å². The molecule has 6 unspecified atom stereocenters. The van der Waals surface area contributed by atoms with Gasteiger partial charge in [0.15, 0.2) is 17.9 Å². The Morgan fingerprint density at radius 1 is 0.557 bits per heavy atom. The molecule has 0 spiro atoms. The Labute approximate surface area is 356 Å². The van der Waals surface area contributed by atoms with Crippen molar-refractivity contribution in [3.05, 3.63) is 35.9 Å². The summed E-state index contributed by atoms with van der Waals surface area (Å²) < 4.78 is 0. The van der Waals surface area contributed by atoms with Gasteiger partial charge in [0.25, 0.3) is 0 Å². The Morgan fingerprint density at radius 3 is 1.46 bits per heavy atom. The third kappa shape index (κ3) is 22.6. The molecule has 0 saturated heterocycles. The number of guanidine groups is 3. The standard InChI is InChI=1S/C38H68N16O7/c1-22(2)29(34(59)52-27(35(60)61)16-10-20-49-38(45)46)54-33(58)28(21-23-11-4-3-5-12-23)53-32(57)26(15-9-19-48-37(43)44)51-31(56)25(14-6-7-17-39)50-30(55)24(40)13-8-18-47-36(41)42/h3-5,11-12,22,24-29H,6-10,13-21,39-40H2,1-2H3,(H,50,55)(H,51,56)(H,52,59)(H,53,57)(H,54,58)(H,60,61)(H4,41,42,47)(H4,43,44,48)(H4,45,46,49). The quantitative estimate of drug-likeness (QED) is 0.0199. The van der Waals surface area contributed by atoms with Crippen molar-refractivity contribution < 1.29 is 33.9 Å². The number of aliphatic carboxylic acids is 1. The van der Waals surface area contributed by atoms with Gasteiger partial charge in [-0.15, -0.1) is 0 Å². The summed E-state index contributed by atoms with van der Waals surface area (Å²) in [5.74, 6) is -5.80. The Balaban J connectivity index is 3.40. The van der Waals surface area contributed by atoms with Gasteiger partial charge in [0.2, 0.25) is 29.5 Å². The second-order valence-electron chi connectivity index (χ2n) is 14.7. The van der Waals surface area contributed by atoms with Crippen LogP contribution in [0.15, 0.2) is 45.3 Å². The summed E-state index contributed by atoms with van der Waals surface area (Å²) in [4.78, 5) is 92.3. The summed E-state index contributed by atoms with van der Waals surface area (Å²) in [6.07, 6.45) is 2.28. The minimum atomic E-state index is -1.31. The maximum Gasteiger partial charge on any atom is 0.326 e. The molecule has 0 aliphatic carbocycles. The van der Waals surface area contributed by atoms with Crippen LogP contribution in [0, 0.1) is 5.92 Å². The van der Waals surface area contributed by atoms with E-state index in [1.165, 1.54) is 0 Å². The number of aliphatic imine (C=N–C) groups is 3. The van der Waals surface area contributed by atoms with Gasteiger partial charge >= 0.3 is 5.97 Å². The first-order valence-electron chi connectivity index (χ1n) is 20.3. The lowest BCUT2D eigenvalue weighted by Crippen LogP contribution is -2.60. The largest absolute Gasteiger partial charge is 0.480 e. The van der Waals surface area contributed by atoms with Crippen LogP contribution >= 0.6 is 0 Å². The van der Waals surface area contributed by atoms with E-state index in [4.69, 9.17) is 45.9 Å². The lowest BCUT2D eigenvalue weighted by atomic mass is 9.99. The zero-order valence-electron chi connectivity index (χ0n) is 35.2. The maximum absolute atomic E-state index is 14.1. The Bertz CT molecular complexity index is 1630. The van der Waals surface area contributed by atoms with E-state index >= 15 is 0 Å². The van der Waals surface area contributed by atoms with Crippen molar-refractivity contribution in [2.75, 3.05) is 26.2 Å². The van der Waals surface area contributed by atoms with E-state index in [1.54, 1.807) is 44.2 Å². The smallest absolute Gasteiger partial charge is 0.326 e. The lowest BCUT2D eigenvalue weighted by molar-refractivity contribution is -0.142. The van der Waals surface area contributed by atoms with E-state index in [2.05, 4.69) is 41.6 Å². The molecule has 1 aromatic rings. The molecule has 0 aliphatic heterocycles. The van der Waals surface area contributed by atoms with E-state index in [0.717, 1.165) is 0 Å². The number of unbranched alkanes of at least 4 members (excludes halogenated alkanes) is 1. The van der Waals surface area contributed by atoms with Crippen molar-refractivity contribution in [2.45, 2.75) is 114 Å². The fraction of sp³-hybridized carbons (Fsp3) is 0.605. The number of carboxylic acid groups (broad SMARTS) is 1. The van der Waals surface area contributed by atoms with E-state index in [1.807, 2.05) is 0 Å². The number of carbonyl (C=O) groups is 6. The number of hydrogen-bond acceptors (Lipinski definition) is 11. The number of nitrogens with zero attached hydrogens (tertiary/aromatic N) is 3. The summed E-state index contributed by atoms with van der Waals surface area (Å²) >= 11 is 0. The molecule has 22 N–H and O–H groups in total. The van der Waals surface area contributed by atoms with Gasteiger partial charge in [0.05, 0.1) is 6.04 Å². The first-order valence-corrected chi connectivity index (χ1v) is 20.3. The van der Waals surface area contributed by atoms with Crippen LogP contribution in [0.4, 0.5) is 0 Å².